The van der Waals surface area contributed by atoms with Gasteiger partial charge in [-0.2, -0.15) is 0 Å². The van der Waals surface area contributed by atoms with Crippen LogP contribution in [0.15, 0.2) is 12.2 Å². The van der Waals surface area contributed by atoms with Gasteiger partial charge < -0.3 is 4.74 Å². The smallest absolute Gasteiger partial charge is 0.466 e. The first kappa shape index (κ1) is 19.2. The highest BCUT2D eigenvalue weighted by molar-refractivity contribution is 7.38. The van der Waals surface area contributed by atoms with Gasteiger partial charge in [0.15, 0.2) is 6.66 Å². The maximum absolute atomic E-state index is 11.4. The van der Waals surface area contributed by atoms with Crippen molar-refractivity contribution in [2.24, 2.45) is 0 Å². The van der Waals surface area contributed by atoms with Gasteiger partial charge in [0.25, 0.3) is 0 Å². The van der Waals surface area contributed by atoms with Crippen LogP contribution in [-0.2, 0) is 23.5 Å². The SMILES string of the molecule is C=C(C)C(CCOC(=O)CCCCCO[P+](C)=O)OO. The Hall–Kier alpha value is -0.810. The number of carbonyl (C=O) groups excluding carboxylic acids is 1. The highest BCUT2D eigenvalue weighted by Crippen LogP contribution is 2.16. The van der Waals surface area contributed by atoms with Crippen molar-refractivity contribution in [3.05, 3.63) is 12.2 Å². The third-order valence-corrected chi connectivity index (χ3v) is 3.16. The molecule has 0 aliphatic carbocycles. The first-order valence-electron chi connectivity index (χ1n) is 6.62. The molecule has 1 N–H and O–H groups in total. The number of ether oxygens (including phenoxy) is 1. The monoisotopic (exact) mass is 307 g/mol. The van der Waals surface area contributed by atoms with Gasteiger partial charge in [0.1, 0.15) is 12.7 Å². The number of hydrogen-bond donors (Lipinski definition) is 1. The van der Waals surface area contributed by atoms with Gasteiger partial charge in [-0.25, -0.2) is 4.89 Å². The molecule has 2 atom stereocenters. The van der Waals surface area contributed by atoms with Crippen molar-refractivity contribution < 1.29 is 28.8 Å². The molecule has 0 spiro atoms. The molecule has 7 heteroatoms. The zero-order valence-corrected chi connectivity index (χ0v) is 13.1. The molecular formula is C13H24O6P+. The lowest BCUT2D eigenvalue weighted by Gasteiger charge is -2.12. The molecule has 0 fully saturated rings. The largest absolute Gasteiger partial charge is 0.504 e. The third kappa shape index (κ3) is 11.1. The van der Waals surface area contributed by atoms with Gasteiger partial charge in [0.2, 0.25) is 0 Å². The van der Waals surface area contributed by atoms with Crippen LogP contribution in [0.3, 0.4) is 0 Å². The molecule has 0 bridgehead atoms. The molecule has 0 saturated heterocycles. The van der Waals surface area contributed by atoms with Crippen LogP contribution in [0.4, 0.5) is 0 Å². The minimum Gasteiger partial charge on any atom is -0.466 e. The molecule has 20 heavy (non-hydrogen) atoms. The van der Waals surface area contributed by atoms with Crippen molar-refractivity contribution in [2.75, 3.05) is 19.9 Å². The summed E-state index contributed by atoms with van der Waals surface area (Å²) in [5.41, 5.74) is 0.679. The fourth-order valence-electron chi connectivity index (χ4n) is 1.48. The summed E-state index contributed by atoms with van der Waals surface area (Å²) in [6, 6.07) is 0. The van der Waals surface area contributed by atoms with Gasteiger partial charge in [-0.05, 0) is 29.9 Å². The van der Waals surface area contributed by atoms with Crippen LogP contribution in [0.1, 0.15) is 39.0 Å². The topological polar surface area (TPSA) is 82.1 Å². The number of hydrogen-bond acceptors (Lipinski definition) is 6. The fraction of sp³-hybridized carbons (Fsp3) is 0.769. The Bertz CT molecular complexity index is 318. The molecule has 0 aromatic heterocycles. The van der Waals surface area contributed by atoms with E-state index in [2.05, 4.69) is 11.5 Å². The molecular weight excluding hydrogens is 283 g/mol. The summed E-state index contributed by atoms with van der Waals surface area (Å²) in [5.74, 6) is -0.272. The standard InChI is InChI=1S/C13H23O6P/c1-11(2)12(19-15)8-10-17-13(14)7-5-4-6-9-18-20(3)16/h12H,1,4-10H2,2-3H3/p+1. The number of unbranched alkanes of at least 4 members (excludes halogenated alkanes) is 2. The normalized spacial score (nSPS) is 12.8. The van der Waals surface area contributed by atoms with E-state index in [0.717, 1.165) is 12.8 Å². The Morgan fingerprint density at radius 1 is 1.30 bits per heavy atom. The van der Waals surface area contributed by atoms with E-state index >= 15 is 0 Å². The molecule has 0 saturated carbocycles. The molecule has 0 aliphatic rings. The summed E-state index contributed by atoms with van der Waals surface area (Å²) in [7, 11) is -1.54. The maximum atomic E-state index is 11.4. The molecule has 2 unspecified atom stereocenters. The van der Waals surface area contributed by atoms with Gasteiger partial charge in [-0.3, -0.25) is 10.1 Å². The Balaban J connectivity index is 3.50. The van der Waals surface area contributed by atoms with Crippen molar-refractivity contribution in [3.8, 4) is 0 Å². The predicted octanol–water partition coefficient (Wildman–Crippen LogP) is 3.30. The van der Waals surface area contributed by atoms with E-state index in [-0.39, 0.29) is 12.6 Å². The van der Waals surface area contributed by atoms with Crippen LogP contribution in [0.5, 0.6) is 0 Å². The van der Waals surface area contributed by atoms with E-state index in [1.54, 1.807) is 6.92 Å². The summed E-state index contributed by atoms with van der Waals surface area (Å²) in [6.07, 6.45) is 2.54. The van der Waals surface area contributed by atoms with Crippen molar-refractivity contribution in [1.82, 2.24) is 0 Å². The fourth-order valence-corrected chi connectivity index (χ4v) is 1.87. The highest BCUT2D eigenvalue weighted by Gasteiger charge is 2.11. The van der Waals surface area contributed by atoms with Crippen LogP contribution in [0, 0.1) is 0 Å². The van der Waals surface area contributed by atoms with Crippen molar-refractivity contribution in [1.29, 1.82) is 0 Å². The van der Waals surface area contributed by atoms with Crippen LogP contribution in [-0.4, -0.2) is 37.2 Å². The van der Waals surface area contributed by atoms with Crippen LogP contribution in [0.25, 0.3) is 0 Å². The van der Waals surface area contributed by atoms with E-state index < -0.39 is 14.1 Å². The summed E-state index contributed by atoms with van der Waals surface area (Å²) in [6.45, 7) is 7.55. The highest BCUT2D eigenvalue weighted by atomic mass is 31.1. The molecule has 0 aromatic rings. The molecule has 0 rings (SSSR count). The summed E-state index contributed by atoms with van der Waals surface area (Å²) >= 11 is 0. The predicted molar refractivity (Wildman–Crippen MR) is 75.8 cm³/mol. The lowest BCUT2D eigenvalue weighted by molar-refractivity contribution is -0.270. The Kier molecular flexibility index (Phi) is 11.5. The summed E-state index contributed by atoms with van der Waals surface area (Å²) < 4.78 is 20.6. The molecule has 0 aromatic carbocycles. The average Bonchev–Trinajstić information content (AvgIpc) is 2.38. The Labute approximate surface area is 120 Å². The lowest BCUT2D eigenvalue weighted by Crippen LogP contribution is -2.16. The van der Waals surface area contributed by atoms with Gasteiger partial charge in [-0.1, -0.05) is 13.0 Å². The number of esters is 1. The molecule has 116 valence electrons. The molecule has 6 nitrogen and oxygen atoms in total. The second-order valence-corrected chi connectivity index (χ2v) is 5.67. The minimum atomic E-state index is -1.54. The second kappa shape index (κ2) is 12.0. The number of rotatable bonds is 12. The maximum Gasteiger partial charge on any atom is 0.504 e. The Morgan fingerprint density at radius 2 is 2.00 bits per heavy atom. The summed E-state index contributed by atoms with van der Waals surface area (Å²) in [5, 5.41) is 8.59. The van der Waals surface area contributed by atoms with Gasteiger partial charge in [0.05, 0.1) is 6.61 Å². The first-order valence-corrected chi connectivity index (χ1v) is 8.24. The van der Waals surface area contributed by atoms with Crippen molar-refractivity contribution in [2.45, 2.75) is 45.1 Å². The minimum absolute atomic E-state index is 0.191. The number of carbonyl (C=O) groups is 1. The van der Waals surface area contributed by atoms with E-state index in [9.17, 15) is 9.36 Å². The van der Waals surface area contributed by atoms with E-state index in [4.69, 9.17) is 14.5 Å². The quantitative estimate of drug-likeness (QED) is 0.149. The van der Waals surface area contributed by atoms with Gasteiger partial charge in [0, 0.05) is 12.8 Å². The lowest BCUT2D eigenvalue weighted by atomic mass is 10.1. The van der Waals surface area contributed by atoms with Crippen LogP contribution in [0.2, 0.25) is 0 Å². The Morgan fingerprint density at radius 3 is 2.55 bits per heavy atom. The first-order chi connectivity index (χ1) is 9.47. The van der Waals surface area contributed by atoms with Gasteiger partial charge in [-0.15, -0.1) is 4.52 Å². The van der Waals surface area contributed by atoms with Crippen molar-refractivity contribution in [3.63, 3.8) is 0 Å². The molecule has 0 radical (unpaired) electrons. The molecule has 0 aliphatic heterocycles. The van der Waals surface area contributed by atoms with Crippen molar-refractivity contribution >= 4 is 14.0 Å². The van der Waals surface area contributed by atoms with Crippen LogP contribution >= 0.6 is 8.03 Å². The van der Waals surface area contributed by atoms with Gasteiger partial charge >= 0.3 is 14.0 Å². The van der Waals surface area contributed by atoms with Crippen LogP contribution < -0.4 is 0 Å². The summed E-state index contributed by atoms with van der Waals surface area (Å²) in [4.78, 5) is 15.6. The van der Waals surface area contributed by atoms with E-state index in [1.807, 2.05) is 0 Å². The van der Waals surface area contributed by atoms with E-state index in [0.29, 0.717) is 31.4 Å². The molecule has 0 heterocycles. The second-order valence-electron chi connectivity index (χ2n) is 4.53. The third-order valence-electron chi connectivity index (χ3n) is 2.62. The van der Waals surface area contributed by atoms with E-state index in [1.165, 1.54) is 6.66 Å². The molecule has 0 amide bonds. The zero-order chi connectivity index (χ0) is 15.4. The zero-order valence-electron chi connectivity index (χ0n) is 12.2. The average molecular weight is 307 g/mol.